The molecule has 5 heteroatoms. The third-order valence-electron chi connectivity index (χ3n) is 2.96. The van der Waals surface area contributed by atoms with Crippen LogP contribution in [0.1, 0.15) is 25.8 Å². The number of nitro benzene ring substituents is 1. The molecule has 0 spiro atoms. The first kappa shape index (κ1) is 14.8. The number of hydrogen-bond acceptors (Lipinski definition) is 3. The van der Waals surface area contributed by atoms with Crippen LogP contribution < -0.4 is 4.74 Å². The van der Waals surface area contributed by atoms with Gasteiger partial charge >= 0.3 is 0 Å². The largest absolute Gasteiger partial charge is 0.496 e. The number of methoxy groups -OCH3 is 1. The summed E-state index contributed by atoms with van der Waals surface area (Å²) in [5.74, 6) is 0.775. The SMILES string of the molecule is CCC(Cl)C(C)Cc1cc(OC)cc([N+](=O)[O-])c1. The van der Waals surface area contributed by atoms with E-state index in [1.165, 1.54) is 13.2 Å². The second-order valence-corrected chi connectivity index (χ2v) is 4.96. The highest BCUT2D eigenvalue weighted by molar-refractivity contribution is 6.20. The number of nitro groups is 1. The molecule has 0 radical (unpaired) electrons. The van der Waals surface area contributed by atoms with Crippen molar-refractivity contribution in [1.82, 2.24) is 0 Å². The van der Waals surface area contributed by atoms with Crippen LogP contribution in [0.15, 0.2) is 18.2 Å². The molecule has 0 N–H and O–H groups in total. The predicted octanol–water partition coefficient (Wildman–Crippen LogP) is 3.80. The molecule has 1 aromatic carbocycles. The fourth-order valence-corrected chi connectivity index (χ4v) is 1.98. The first-order valence-corrected chi connectivity index (χ1v) is 6.38. The van der Waals surface area contributed by atoms with Gasteiger partial charge in [-0.15, -0.1) is 11.6 Å². The van der Waals surface area contributed by atoms with Gasteiger partial charge in [0.2, 0.25) is 0 Å². The lowest BCUT2D eigenvalue weighted by Crippen LogP contribution is -2.13. The Kier molecular flexibility index (Phi) is 5.41. The minimum Gasteiger partial charge on any atom is -0.496 e. The Labute approximate surface area is 112 Å². The minimum atomic E-state index is -0.408. The van der Waals surface area contributed by atoms with Crippen LogP contribution in [0.2, 0.25) is 0 Å². The standard InChI is InChI=1S/C13H18ClNO3/c1-4-13(14)9(2)5-10-6-11(15(16)17)8-12(7-10)18-3/h6-9,13H,4-5H2,1-3H3. The third kappa shape index (κ3) is 3.88. The summed E-state index contributed by atoms with van der Waals surface area (Å²) in [6.45, 7) is 4.08. The molecule has 0 heterocycles. The van der Waals surface area contributed by atoms with Crippen LogP contribution in [-0.4, -0.2) is 17.4 Å². The van der Waals surface area contributed by atoms with Gasteiger partial charge in [0.1, 0.15) is 5.75 Å². The number of hydrogen-bond donors (Lipinski definition) is 0. The molecule has 18 heavy (non-hydrogen) atoms. The van der Waals surface area contributed by atoms with Crippen molar-refractivity contribution < 1.29 is 9.66 Å². The fraction of sp³-hybridized carbons (Fsp3) is 0.538. The molecule has 1 rings (SSSR count). The summed E-state index contributed by atoms with van der Waals surface area (Å²) in [7, 11) is 1.50. The zero-order valence-electron chi connectivity index (χ0n) is 10.9. The molecule has 2 atom stereocenters. The molecule has 0 aliphatic carbocycles. The second-order valence-electron chi connectivity index (χ2n) is 4.40. The molecule has 4 nitrogen and oxygen atoms in total. The van der Waals surface area contributed by atoms with E-state index in [0.29, 0.717) is 12.2 Å². The Hall–Kier alpha value is -1.29. The zero-order chi connectivity index (χ0) is 13.7. The first-order chi connectivity index (χ1) is 8.47. The van der Waals surface area contributed by atoms with Gasteiger partial charge < -0.3 is 4.74 Å². The van der Waals surface area contributed by atoms with Crippen molar-refractivity contribution in [3.05, 3.63) is 33.9 Å². The van der Waals surface area contributed by atoms with E-state index in [-0.39, 0.29) is 17.0 Å². The number of halogens is 1. The molecule has 100 valence electrons. The van der Waals surface area contributed by atoms with E-state index in [2.05, 4.69) is 0 Å². The Morgan fingerprint density at radius 1 is 1.44 bits per heavy atom. The Morgan fingerprint density at radius 3 is 2.61 bits per heavy atom. The van der Waals surface area contributed by atoms with Crippen molar-refractivity contribution in [1.29, 1.82) is 0 Å². The van der Waals surface area contributed by atoms with Crippen molar-refractivity contribution in [2.75, 3.05) is 7.11 Å². The molecule has 0 fully saturated rings. The van der Waals surface area contributed by atoms with Crippen molar-refractivity contribution in [2.45, 2.75) is 32.1 Å². The van der Waals surface area contributed by atoms with Gasteiger partial charge in [0.15, 0.2) is 0 Å². The zero-order valence-corrected chi connectivity index (χ0v) is 11.6. The van der Waals surface area contributed by atoms with E-state index in [0.717, 1.165) is 12.0 Å². The van der Waals surface area contributed by atoms with Gasteiger partial charge in [0.05, 0.1) is 18.1 Å². The number of non-ortho nitro benzene ring substituents is 1. The fourth-order valence-electron chi connectivity index (χ4n) is 1.89. The first-order valence-electron chi connectivity index (χ1n) is 5.94. The van der Waals surface area contributed by atoms with E-state index in [9.17, 15) is 10.1 Å². The summed E-state index contributed by atoms with van der Waals surface area (Å²) >= 11 is 6.18. The lowest BCUT2D eigenvalue weighted by atomic mass is 9.96. The lowest BCUT2D eigenvalue weighted by Gasteiger charge is -2.16. The van der Waals surface area contributed by atoms with Gasteiger partial charge in [0, 0.05) is 11.4 Å². The van der Waals surface area contributed by atoms with Crippen molar-refractivity contribution >= 4 is 17.3 Å². The highest BCUT2D eigenvalue weighted by atomic mass is 35.5. The monoisotopic (exact) mass is 271 g/mol. The second kappa shape index (κ2) is 6.59. The van der Waals surface area contributed by atoms with Crippen LogP contribution in [-0.2, 0) is 6.42 Å². The Bertz CT molecular complexity index is 423. The van der Waals surface area contributed by atoms with E-state index in [1.54, 1.807) is 6.07 Å². The lowest BCUT2D eigenvalue weighted by molar-refractivity contribution is -0.385. The molecule has 0 bridgehead atoms. The molecule has 0 saturated carbocycles. The van der Waals surface area contributed by atoms with Crippen LogP contribution >= 0.6 is 11.6 Å². The molecule has 2 unspecified atom stereocenters. The summed E-state index contributed by atoms with van der Waals surface area (Å²) in [4.78, 5) is 10.4. The molecule has 0 aromatic heterocycles. The minimum absolute atomic E-state index is 0.0548. The number of benzene rings is 1. The van der Waals surface area contributed by atoms with Crippen LogP contribution in [0.25, 0.3) is 0 Å². The summed E-state index contributed by atoms with van der Waals surface area (Å²) in [5, 5.41) is 10.9. The molecule has 1 aromatic rings. The van der Waals surface area contributed by atoms with E-state index in [1.807, 2.05) is 19.9 Å². The molecule has 0 saturated heterocycles. The maximum absolute atomic E-state index is 10.8. The number of rotatable bonds is 6. The molecule has 0 aliphatic heterocycles. The normalized spacial score (nSPS) is 14.0. The highest BCUT2D eigenvalue weighted by Crippen LogP contribution is 2.26. The van der Waals surface area contributed by atoms with E-state index >= 15 is 0 Å². The Balaban J connectivity index is 2.94. The molecule has 0 aliphatic rings. The number of alkyl halides is 1. The quantitative estimate of drug-likeness (QED) is 0.449. The maximum Gasteiger partial charge on any atom is 0.273 e. The van der Waals surface area contributed by atoms with Gasteiger partial charge in [0.25, 0.3) is 5.69 Å². The summed E-state index contributed by atoms with van der Waals surface area (Å²) < 4.78 is 5.08. The third-order valence-corrected chi connectivity index (χ3v) is 3.70. The smallest absolute Gasteiger partial charge is 0.273 e. The summed E-state index contributed by atoms with van der Waals surface area (Å²) in [5.41, 5.74) is 0.937. The van der Waals surface area contributed by atoms with E-state index in [4.69, 9.17) is 16.3 Å². The van der Waals surface area contributed by atoms with Gasteiger partial charge in [-0.1, -0.05) is 13.8 Å². The Morgan fingerprint density at radius 2 is 2.11 bits per heavy atom. The van der Waals surface area contributed by atoms with Gasteiger partial charge in [-0.25, -0.2) is 0 Å². The molecular formula is C13H18ClNO3. The number of ether oxygens (including phenoxy) is 1. The maximum atomic E-state index is 10.8. The predicted molar refractivity (Wildman–Crippen MR) is 72.4 cm³/mol. The summed E-state index contributed by atoms with van der Waals surface area (Å²) in [6.07, 6.45) is 1.59. The molecule has 0 amide bonds. The van der Waals surface area contributed by atoms with Gasteiger partial charge in [-0.2, -0.15) is 0 Å². The van der Waals surface area contributed by atoms with Gasteiger partial charge in [-0.05, 0) is 30.4 Å². The average Bonchev–Trinajstić information content (AvgIpc) is 2.36. The molecular weight excluding hydrogens is 254 g/mol. The van der Waals surface area contributed by atoms with Crippen molar-refractivity contribution in [3.63, 3.8) is 0 Å². The van der Waals surface area contributed by atoms with Crippen LogP contribution in [0.5, 0.6) is 5.75 Å². The van der Waals surface area contributed by atoms with Crippen molar-refractivity contribution in [2.24, 2.45) is 5.92 Å². The van der Waals surface area contributed by atoms with E-state index < -0.39 is 4.92 Å². The number of nitrogens with zero attached hydrogens (tertiary/aromatic N) is 1. The summed E-state index contributed by atoms with van der Waals surface area (Å²) in [6, 6.07) is 4.83. The highest BCUT2D eigenvalue weighted by Gasteiger charge is 2.16. The van der Waals surface area contributed by atoms with Crippen LogP contribution in [0.3, 0.4) is 0 Å². The topological polar surface area (TPSA) is 52.4 Å². The van der Waals surface area contributed by atoms with Crippen molar-refractivity contribution in [3.8, 4) is 5.75 Å². The van der Waals surface area contributed by atoms with Crippen LogP contribution in [0.4, 0.5) is 5.69 Å². The van der Waals surface area contributed by atoms with Gasteiger partial charge in [-0.3, -0.25) is 10.1 Å². The average molecular weight is 272 g/mol. The van der Waals surface area contributed by atoms with Crippen LogP contribution in [0, 0.1) is 16.0 Å².